The highest BCUT2D eigenvalue weighted by atomic mass is 15.1. The number of pyridine rings is 1. The van der Waals surface area contributed by atoms with Gasteiger partial charge in [-0.05, 0) is 17.7 Å². The molecule has 0 bridgehead atoms. The Bertz CT molecular complexity index is 610. The van der Waals surface area contributed by atoms with Crippen molar-refractivity contribution in [3.63, 3.8) is 0 Å². The van der Waals surface area contributed by atoms with Gasteiger partial charge in [0.25, 0.3) is 0 Å². The summed E-state index contributed by atoms with van der Waals surface area (Å²) in [4.78, 5) is 6.91. The monoisotopic (exact) mass is 208 g/mol. The van der Waals surface area contributed by atoms with Crippen LogP contribution in [0.15, 0.2) is 41.6 Å². The summed E-state index contributed by atoms with van der Waals surface area (Å²) in [7, 11) is 0. The summed E-state index contributed by atoms with van der Waals surface area (Å²) in [5, 5.41) is 4.41. The third-order valence-electron chi connectivity index (χ3n) is 2.07. The van der Waals surface area contributed by atoms with Crippen LogP contribution in [0.25, 0.3) is 21.3 Å². The van der Waals surface area contributed by atoms with E-state index in [-0.39, 0.29) is 6.54 Å². The second-order valence-electron chi connectivity index (χ2n) is 3.07. The van der Waals surface area contributed by atoms with Gasteiger partial charge in [0.2, 0.25) is 0 Å². The summed E-state index contributed by atoms with van der Waals surface area (Å²) in [6.07, 6.45) is 1.74. The second kappa shape index (κ2) is 4.83. The van der Waals surface area contributed by atoms with Crippen LogP contribution < -0.4 is 0 Å². The van der Waals surface area contributed by atoms with Crippen LogP contribution in [0.3, 0.4) is 0 Å². The first-order valence-electron chi connectivity index (χ1n) is 4.75. The van der Waals surface area contributed by atoms with E-state index in [0.29, 0.717) is 0 Å². The lowest BCUT2D eigenvalue weighted by Crippen LogP contribution is -1.83. The molecule has 76 valence electrons. The Labute approximate surface area is 92.6 Å². The highest BCUT2D eigenvalue weighted by Crippen LogP contribution is 2.14. The third-order valence-corrected chi connectivity index (χ3v) is 2.07. The second-order valence-corrected chi connectivity index (χ2v) is 3.07. The summed E-state index contributed by atoms with van der Waals surface area (Å²) in [5.74, 6) is 5.73. The van der Waals surface area contributed by atoms with Crippen molar-refractivity contribution in [2.75, 3.05) is 6.54 Å². The zero-order valence-electron chi connectivity index (χ0n) is 8.46. The Balaban J connectivity index is 2.43. The summed E-state index contributed by atoms with van der Waals surface area (Å²) in [6, 6.07) is 9.70. The van der Waals surface area contributed by atoms with Crippen LogP contribution in [0, 0.1) is 11.8 Å². The van der Waals surface area contributed by atoms with E-state index in [1.54, 1.807) is 6.20 Å². The number of rotatable bonds is 1. The molecule has 0 N–H and O–H groups in total. The van der Waals surface area contributed by atoms with Gasteiger partial charge in [0, 0.05) is 16.5 Å². The third kappa shape index (κ3) is 2.11. The molecule has 4 heteroatoms. The minimum Gasteiger partial charge on any atom is -0.255 e. The molecule has 0 aliphatic rings. The number of fused-ring (bicyclic) bond motifs is 1. The van der Waals surface area contributed by atoms with Gasteiger partial charge in [0.05, 0.1) is 17.6 Å². The normalized spacial score (nSPS) is 9.00. The van der Waals surface area contributed by atoms with E-state index in [2.05, 4.69) is 26.9 Å². The van der Waals surface area contributed by atoms with Gasteiger partial charge in [-0.3, -0.25) is 4.98 Å². The van der Waals surface area contributed by atoms with Gasteiger partial charge in [0.1, 0.15) is 0 Å². The molecule has 16 heavy (non-hydrogen) atoms. The fourth-order valence-electron chi connectivity index (χ4n) is 1.41. The maximum atomic E-state index is 8.11. The smallest absolute Gasteiger partial charge is 0.0880 e. The van der Waals surface area contributed by atoms with E-state index in [1.807, 2.05) is 30.3 Å². The molecule has 1 aromatic heterocycles. The van der Waals surface area contributed by atoms with E-state index in [4.69, 9.17) is 5.53 Å². The molecule has 0 radical (unpaired) electrons. The first-order chi connectivity index (χ1) is 7.92. The molecule has 0 atom stereocenters. The summed E-state index contributed by atoms with van der Waals surface area (Å²) >= 11 is 0. The van der Waals surface area contributed by atoms with Gasteiger partial charge < -0.3 is 0 Å². The van der Waals surface area contributed by atoms with Gasteiger partial charge in [-0.2, -0.15) is 0 Å². The van der Waals surface area contributed by atoms with E-state index in [9.17, 15) is 0 Å². The number of nitrogens with zero attached hydrogens (tertiary/aromatic N) is 4. The lowest BCUT2D eigenvalue weighted by molar-refractivity contribution is 1.25. The predicted molar refractivity (Wildman–Crippen MR) is 62.6 cm³/mol. The Morgan fingerprint density at radius 3 is 3.06 bits per heavy atom. The minimum atomic E-state index is 0.180. The minimum absolute atomic E-state index is 0.180. The van der Waals surface area contributed by atoms with E-state index in [1.165, 1.54) is 0 Å². The quantitative estimate of drug-likeness (QED) is 0.307. The van der Waals surface area contributed by atoms with E-state index < -0.39 is 0 Å². The van der Waals surface area contributed by atoms with Gasteiger partial charge in [-0.15, -0.1) is 0 Å². The van der Waals surface area contributed by atoms with Gasteiger partial charge in [-0.25, -0.2) is 0 Å². The average molecular weight is 208 g/mol. The largest absolute Gasteiger partial charge is 0.255 e. The van der Waals surface area contributed by atoms with Crippen molar-refractivity contribution in [1.29, 1.82) is 0 Å². The lowest BCUT2D eigenvalue weighted by atomic mass is 10.1. The average Bonchev–Trinajstić information content (AvgIpc) is 2.35. The van der Waals surface area contributed by atoms with Gasteiger partial charge in [-0.1, -0.05) is 35.2 Å². The number of azide groups is 1. The van der Waals surface area contributed by atoms with Crippen molar-refractivity contribution < 1.29 is 0 Å². The first-order valence-corrected chi connectivity index (χ1v) is 4.75. The molecule has 0 saturated carbocycles. The molecule has 4 nitrogen and oxygen atoms in total. The fraction of sp³-hybridized carbons (Fsp3) is 0.0833. The van der Waals surface area contributed by atoms with E-state index in [0.717, 1.165) is 16.5 Å². The zero-order valence-corrected chi connectivity index (χ0v) is 8.46. The molecule has 0 aliphatic carbocycles. The Morgan fingerprint density at radius 2 is 2.19 bits per heavy atom. The molecule has 0 saturated heterocycles. The topological polar surface area (TPSA) is 61.7 Å². The van der Waals surface area contributed by atoms with Crippen molar-refractivity contribution in [3.8, 4) is 11.8 Å². The van der Waals surface area contributed by atoms with Crippen LogP contribution in [-0.2, 0) is 0 Å². The first kappa shape index (κ1) is 10.0. The highest BCUT2D eigenvalue weighted by Gasteiger charge is 1.96. The molecule has 1 aromatic carbocycles. The number of hydrogen-bond acceptors (Lipinski definition) is 2. The van der Waals surface area contributed by atoms with Crippen LogP contribution >= 0.6 is 0 Å². The van der Waals surface area contributed by atoms with Gasteiger partial charge >= 0.3 is 0 Å². The molecule has 0 aliphatic heterocycles. The van der Waals surface area contributed by atoms with Crippen LogP contribution in [0.4, 0.5) is 0 Å². The molecule has 0 spiro atoms. The van der Waals surface area contributed by atoms with Crippen molar-refractivity contribution in [1.82, 2.24) is 4.98 Å². The van der Waals surface area contributed by atoms with E-state index >= 15 is 0 Å². The molecular weight excluding hydrogens is 200 g/mol. The van der Waals surface area contributed by atoms with Crippen molar-refractivity contribution in [2.24, 2.45) is 5.11 Å². The summed E-state index contributed by atoms with van der Waals surface area (Å²) < 4.78 is 0. The Kier molecular flexibility index (Phi) is 3.03. The van der Waals surface area contributed by atoms with Crippen LogP contribution in [0.5, 0.6) is 0 Å². The van der Waals surface area contributed by atoms with Crippen LogP contribution in [0.2, 0.25) is 0 Å². The Morgan fingerprint density at radius 1 is 1.31 bits per heavy atom. The fourth-order valence-corrected chi connectivity index (χ4v) is 1.41. The SMILES string of the molecule is [N-]=[N+]=NCC#Cc1cccc2cccnc12. The maximum Gasteiger partial charge on any atom is 0.0880 e. The molecular formula is C12H8N4. The van der Waals surface area contributed by atoms with Crippen molar-refractivity contribution in [3.05, 3.63) is 52.5 Å². The van der Waals surface area contributed by atoms with Gasteiger partial charge in [0.15, 0.2) is 0 Å². The molecule has 2 aromatic rings. The van der Waals surface area contributed by atoms with Crippen LogP contribution in [0.1, 0.15) is 5.56 Å². The number of para-hydroxylation sites is 1. The number of hydrogen-bond donors (Lipinski definition) is 0. The lowest BCUT2D eigenvalue weighted by Gasteiger charge is -1.97. The highest BCUT2D eigenvalue weighted by molar-refractivity contribution is 5.84. The molecule has 0 unspecified atom stereocenters. The molecule has 0 amide bonds. The predicted octanol–water partition coefficient (Wildman–Crippen LogP) is 2.90. The zero-order chi connectivity index (χ0) is 11.2. The number of aromatic nitrogens is 1. The molecule has 0 fully saturated rings. The van der Waals surface area contributed by atoms with Crippen molar-refractivity contribution in [2.45, 2.75) is 0 Å². The molecule has 1 heterocycles. The molecule has 2 rings (SSSR count). The number of benzene rings is 1. The maximum absolute atomic E-state index is 8.11. The Hall–Kier alpha value is -2.50. The summed E-state index contributed by atoms with van der Waals surface area (Å²) in [6.45, 7) is 0.180. The summed E-state index contributed by atoms with van der Waals surface area (Å²) in [5.41, 5.74) is 9.84. The standard InChI is InChI=1S/C12H8N4/c13-16-15-9-3-7-11-5-1-4-10-6-2-8-14-12(10)11/h1-2,4-6,8H,9H2. The van der Waals surface area contributed by atoms with Crippen molar-refractivity contribution >= 4 is 10.9 Å². The van der Waals surface area contributed by atoms with Crippen LogP contribution in [-0.4, -0.2) is 11.5 Å².